The Morgan fingerprint density at radius 2 is 2.40 bits per heavy atom. The van der Waals surface area contributed by atoms with Gasteiger partial charge in [0.2, 0.25) is 0 Å². The number of esters is 1. The van der Waals surface area contributed by atoms with E-state index in [0.29, 0.717) is 17.6 Å². The average molecular weight is 205 g/mol. The Morgan fingerprint density at radius 3 is 3.00 bits per heavy atom. The van der Waals surface area contributed by atoms with Crippen molar-refractivity contribution < 1.29 is 14.6 Å². The van der Waals surface area contributed by atoms with Gasteiger partial charge in [-0.25, -0.2) is 4.79 Å². The first-order chi connectivity index (χ1) is 7.11. The second kappa shape index (κ2) is 5.20. The summed E-state index contributed by atoms with van der Waals surface area (Å²) in [4.78, 5) is 11.0. The summed E-state index contributed by atoms with van der Waals surface area (Å²) in [5.74, 6) is -0.213. The minimum Gasteiger partial charge on any atom is -0.508 e. The molecule has 0 spiro atoms. The molecule has 79 valence electrons. The summed E-state index contributed by atoms with van der Waals surface area (Å²) < 4.78 is 4.90. The number of phenolic OH excluding ortho intramolecular Hbond substituents is 1. The van der Waals surface area contributed by atoms with Gasteiger partial charge in [-0.3, -0.25) is 0 Å². The predicted octanol–water partition coefficient (Wildman–Crippen LogP) is 1.85. The molecule has 0 unspecified atom stereocenters. The average Bonchev–Trinajstić information content (AvgIpc) is 2.20. The molecule has 1 rings (SSSR count). The van der Waals surface area contributed by atoms with E-state index in [9.17, 15) is 9.90 Å². The number of phenols is 1. The van der Waals surface area contributed by atoms with Crippen molar-refractivity contribution in [3.05, 3.63) is 42.0 Å². The minimum atomic E-state index is -0.408. The zero-order valence-corrected chi connectivity index (χ0v) is 8.62. The maximum atomic E-state index is 11.0. The van der Waals surface area contributed by atoms with E-state index in [-0.39, 0.29) is 12.4 Å². The van der Waals surface area contributed by atoms with Gasteiger partial charge in [0.05, 0.1) is 6.61 Å². The van der Waals surface area contributed by atoms with E-state index < -0.39 is 5.97 Å². The Hall–Kier alpha value is -1.77. The van der Waals surface area contributed by atoms with Gasteiger partial charge in [-0.2, -0.15) is 0 Å². The Labute approximate surface area is 89.0 Å². The molecule has 0 amide bonds. The number of carbonyl (C=O) groups excluding carboxylic acids is 1. The van der Waals surface area contributed by atoms with Crippen molar-refractivity contribution in [3.63, 3.8) is 0 Å². The maximum absolute atomic E-state index is 11.0. The van der Waals surface area contributed by atoms with Crippen molar-refractivity contribution in [2.45, 2.75) is 13.3 Å². The van der Waals surface area contributed by atoms with Gasteiger partial charge in [0.1, 0.15) is 5.75 Å². The highest BCUT2D eigenvalue weighted by molar-refractivity contribution is 5.86. The van der Waals surface area contributed by atoms with Crippen molar-refractivity contribution in [2.75, 3.05) is 6.61 Å². The van der Waals surface area contributed by atoms with E-state index in [1.165, 1.54) is 0 Å². The third-order valence-corrected chi connectivity index (χ3v) is 1.88. The second-order valence-electron chi connectivity index (χ2n) is 3.22. The molecule has 3 heteroatoms. The number of hydrogen-bond donors (Lipinski definition) is 1. The summed E-state index contributed by atoms with van der Waals surface area (Å²) in [5, 5.41) is 9.41. The molecular weight excluding hydrogens is 192 g/mol. The summed E-state index contributed by atoms with van der Waals surface area (Å²) in [6.07, 6.45) is 0.474. The fourth-order valence-electron chi connectivity index (χ4n) is 1.03. The van der Waals surface area contributed by atoms with Gasteiger partial charge in [0, 0.05) is 12.0 Å². The molecule has 0 atom stereocenters. The molecule has 0 bridgehead atoms. The second-order valence-corrected chi connectivity index (χ2v) is 3.22. The molecule has 0 aliphatic heterocycles. The lowest BCUT2D eigenvalue weighted by atomic mass is 10.1. The molecule has 1 aromatic rings. The van der Waals surface area contributed by atoms with Crippen LogP contribution in [0.3, 0.4) is 0 Å². The predicted molar refractivity (Wildman–Crippen MR) is 56.4 cm³/mol. The molecule has 0 fully saturated rings. The Kier molecular flexibility index (Phi) is 3.92. The van der Waals surface area contributed by atoms with Crippen LogP contribution in [0.25, 0.3) is 0 Å². The SMILES string of the molecule is C=C(C)C(=O)OCCc1c[c]ccc1O. The van der Waals surface area contributed by atoms with Crippen molar-refractivity contribution in [2.24, 2.45) is 0 Å². The van der Waals surface area contributed by atoms with Crippen LogP contribution in [-0.4, -0.2) is 17.7 Å². The number of carbonyl (C=O) groups is 1. The fraction of sp³-hybridized carbons (Fsp3) is 0.250. The highest BCUT2D eigenvalue weighted by Crippen LogP contribution is 2.15. The lowest BCUT2D eigenvalue weighted by Crippen LogP contribution is -2.08. The van der Waals surface area contributed by atoms with Crippen LogP contribution in [0.1, 0.15) is 12.5 Å². The fourth-order valence-corrected chi connectivity index (χ4v) is 1.03. The molecule has 0 saturated carbocycles. The molecule has 0 aromatic heterocycles. The van der Waals surface area contributed by atoms with Gasteiger partial charge in [-0.05, 0) is 30.7 Å². The van der Waals surface area contributed by atoms with Crippen LogP contribution in [0.15, 0.2) is 30.4 Å². The molecule has 1 radical (unpaired) electrons. The van der Waals surface area contributed by atoms with Gasteiger partial charge in [0.15, 0.2) is 0 Å². The lowest BCUT2D eigenvalue weighted by Gasteiger charge is -2.05. The van der Waals surface area contributed by atoms with Crippen molar-refractivity contribution in [3.8, 4) is 5.75 Å². The molecule has 3 nitrogen and oxygen atoms in total. The first kappa shape index (κ1) is 11.3. The number of aromatic hydroxyl groups is 1. The normalized spacial score (nSPS) is 9.67. The summed E-state index contributed by atoms with van der Waals surface area (Å²) in [6.45, 7) is 5.29. The van der Waals surface area contributed by atoms with E-state index >= 15 is 0 Å². The van der Waals surface area contributed by atoms with Crippen LogP contribution in [0.5, 0.6) is 5.75 Å². The molecule has 0 saturated heterocycles. The Morgan fingerprint density at radius 1 is 1.67 bits per heavy atom. The summed E-state index contributed by atoms with van der Waals surface area (Å²) in [6, 6.07) is 7.69. The monoisotopic (exact) mass is 205 g/mol. The molecule has 0 heterocycles. The van der Waals surface area contributed by atoms with Crippen LogP contribution in [0.4, 0.5) is 0 Å². The van der Waals surface area contributed by atoms with Crippen LogP contribution >= 0.6 is 0 Å². The first-order valence-corrected chi connectivity index (χ1v) is 4.62. The smallest absolute Gasteiger partial charge is 0.333 e. The number of hydrogen-bond acceptors (Lipinski definition) is 3. The quantitative estimate of drug-likeness (QED) is 0.602. The van der Waals surface area contributed by atoms with E-state index in [1.807, 2.05) is 0 Å². The van der Waals surface area contributed by atoms with E-state index in [4.69, 9.17) is 4.74 Å². The molecule has 1 N–H and O–H groups in total. The van der Waals surface area contributed by atoms with Gasteiger partial charge >= 0.3 is 5.97 Å². The highest BCUT2D eigenvalue weighted by Gasteiger charge is 2.04. The standard InChI is InChI=1S/C12H13O3/c1-9(2)12(14)15-8-7-10-5-3-4-6-11(10)13/h4-6,13H,1,7-8H2,2H3. The highest BCUT2D eigenvalue weighted by atomic mass is 16.5. The van der Waals surface area contributed by atoms with Crippen molar-refractivity contribution in [1.82, 2.24) is 0 Å². The van der Waals surface area contributed by atoms with Gasteiger partial charge in [-0.1, -0.05) is 12.6 Å². The number of benzene rings is 1. The van der Waals surface area contributed by atoms with Crippen LogP contribution < -0.4 is 0 Å². The molecule has 0 aliphatic carbocycles. The molecule has 15 heavy (non-hydrogen) atoms. The van der Waals surface area contributed by atoms with Crippen LogP contribution in [0, 0.1) is 6.07 Å². The Bertz CT molecular complexity index is 369. The van der Waals surface area contributed by atoms with Gasteiger partial charge < -0.3 is 9.84 Å². The van der Waals surface area contributed by atoms with Crippen LogP contribution in [0.2, 0.25) is 0 Å². The lowest BCUT2D eigenvalue weighted by molar-refractivity contribution is -0.138. The minimum absolute atomic E-state index is 0.195. The topological polar surface area (TPSA) is 46.5 Å². The Balaban J connectivity index is 2.42. The molecule has 1 aromatic carbocycles. The largest absolute Gasteiger partial charge is 0.508 e. The first-order valence-electron chi connectivity index (χ1n) is 4.62. The van der Waals surface area contributed by atoms with Crippen molar-refractivity contribution in [1.29, 1.82) is 0 Å². The van der Waals surface area contributed by atoms with Crippen LogP contribution in [-0.2, 0) is 16.0 Å². The zero-order valence-electron chi connectivity index (χ0n) is 8.62. The number of rotatable bonds is 4. The third-order valence-electron chi connectivity index (χ3n) is 1.88. The number of ether oxygens (including phenoxy) is 1. The van der Waals surface area contributed by atoms with Crippen molar-refractivity contribution >= 4 is 5.97 Å². The van der Waals surface area contributed by atoms with Gasteiger partial charge in [0.25, 0.3) is 0 Å². The third kappa shape index (κ3) is 3.46. The zero-order chi connectivity index (χ0) is 11.3. The van der Waals surface area contributed by atoms with E-state index in [2.05, 4.69) is 12.6 Å². The van der Waals surface area contributed by atoms with Gasteiger partial charge in [-0.15, -0.1) is 0 Å². The summed E-state index contributed by atoms with van der Waals surface area (Å²) in [5.41, 5.74) is 1.09. The summed E-state index contributed by atoms with van der Waals surface area (Å²) >= 11 is 0. The summed E-state index contributed by atoms with van der Waals surface area (Å²) in [7, 11) is 0. The molecule has 0 aliphatic rings. The van der Waals surface area contributed by atoms with E-state index in [1.54, 1.807) is 25.1 Å². The van der Waals surface area contributed by atoms with E-state index in [0.717, 1.165) is 0 Å². The maximum Gasteiger partial charge on any atom is 0.333 e. The molecular formula is C12H13O3.